The topological polar surface area (TPSA) is 119 Å². The predicted molar refractivity (Wildman–Crippen MR) is 66.3 cm³/mol. The molecule has 0 atom stereocenters. The maximum absolute atomic E-state index is 10.9. The Morgan fingerprint density at radius 2 is 2.28 bits per heavy atom. The van der Waals surface area contributed by atoms with Gasteiger partial charge in [0.15, 0.2) is 4.34 Å². The number of benzene rings is 1. The Balaban J connectivity index is 2.38. The van der Waals surface area contributed by atoms with Crippen molar-refractivity contribution in [2.75, 3.05) is 5.73 Å². The Morgan fingerprint density at radius 3 is 2.83 bits per heavy atom. The second kappa shape index (κ2) is 4.99. The van der Waals surface area contributed by atoms with E-state index in [4.69, 9.17) is 11.0 Å². The predicted octanol–water partition coefficient (Wildman–Crippen LogP) is 2.05. The minimum atomic E-state index is -0.534. The molecule has 0 aliphatic carbocycles. The van der Waals surface area contributed by atoms with E-state index in [1.54, 1.807) is 0 Å². The van der Waals surface area contributed by atoms with Crippen molar-refractivity contribution < 1.29 is 4.92 Å². The molecule has 2 N–H and O–H groups in total. The minimum Gasteiger partial charge on any atom is -0.374 e. The zero-order valence-corrected chi connectivity index (χ0v) is 10.4. The van der Waals surface area contributed by atoms with Crippen LogP contribution in [0.15, 0.2) is 27.4 Å². The highest BCUT2D eigenvalue weighted by Gasteiger charge is 2.17. The maximum atomic E-state index is 10.9. The van der Waals surface area contributed by atoms with Crippen LogP contribution in [0.3, 0.4) is 0 Å². The van der Waals surface area contributed by atoms with E-state index in [1.807, 2.05) is 6.07 Å². The number of aromatic nitrogens is 2. The summed E-state index contributed by atoms with van der Waals surface area (Å²) < 4.78 is 0.514. The number of nitrogens with zero attached hydrogens (tertiary/aromatic N) is 4. The normalized spacial score (nSPS) is 9.94. The highest BCUT2D eigenvalue weighted by atomic mass is 32.2. The first-order chi connectivity index (χ1) is 8.60. The van der Waals surface area contributed by atoms with Crippen LogP contribution < -0.4 is 5.73 Å². The van der Waals surface area contributed by atoms with Gasteiger partial charge < -0.3 is 5.73 Å². The van der Waals surface area contributed by atoms with Crippen LogP contribution in [0.4, 0.5) is 10.8 Å². The number of hydrogen-bond acceptors (Lipinski definition) is 8. The van der Waals surface area contributed by atoms with E-state index in [9.17, 15) is 10.1 Å². The Labute approximate surface area is 109 Å². The van der Waals surface area contributed by atoms with Gasteiger partial charge in [-0.2, -0.15) is 5.26 Å². The molecule has 0 amide bonds. The molecule has 9 heteroatoms. The molecule has 1 aromatic heterocycles. The Hall–Kier alpha value is -2.18. The zero-order valence-electron chi connectivity index (χ0n) is 8.73. The fourth-order valence-electron chi connectivity index (χ4n) is 1.17. The van der Waals surface area contributed by atoms with E-state index in [2.05, 4.69) is 10.2 Å². The summed E-state index contributed by atoms with van der Waals surface area (Å²) in [7, 11) is 0. The van der Waals surface area contributed by atoms with Crippen molar-refractivity contribution in [1.82, 2.24) is 10.2 Å². The van der Waals surface area contributed by atoms with Crippen LogP contribution in [0.25, 0.3) is 0 Å². The zero-order chi connectivity index (χ0) is 13.1. The van der Waals surface area contributed by atoms with E-state index < -0.39 is 4.92 Å². The van der Waals surface area contributed by atoms with Gasteiger partial charge in [0, 0.05) is 6.07 Å². The van der Waals surface area contributed by atoms with Gasteiger partial charge >= 0.3 is 0 Å². The van der Waals surface area contributed by atoms with Gasteiger partial charge in [-0.1, -0.05) is 11.3 Å². The van der Waals surface area contributed by atoms with Gasteiger partial charge in [0.05, 0.1) is 21.5 Å². The Kier molecular flexibility index (Phi) is 3.40. The third kappa shape index (κ3) is 2.55. The molecule has 0 spiro atoms. The number of nitrogen functional groups attached to an aromatic ring is 1. The standard InChI is InChI=1S/C9H5N5O2S2/c10-4-5-1-2-7(6(3-5)14(15)16)17-9-13-12-8(11)18-9/h1-3H,(H2,11,12). The molecular formula is C9H5N5O2S2. The first kappa shape index (κ1) is 12.3. The van der Waals surface area contributed by atoms with Crippen molar-refractivity contribution in [3.05, 3.63) is 33.9 Å². The molecule has 0 aliphatic rings. The summed E-state index contributed by atoms with van der Waals surface area (Å²) in [5.74, 6) is 0. The summed E-state index contributed by atoms with van der Waals surface area (Å²) >= 11 is 2.24. The number of hydrogen-bond donors (Lipinski definition) is 1. The van der Waals surface area contributed by atoms with Crippen molar-refractivity contribution in [1.29, 1.82) is 5.26 Å². The molecule has 18 heavy (non-hydrogen) atoms. The minimum absolute atomic E-state index is 0.132. The van der Waals surface area contributed by atoms with Crippen LogP contribution in [0, 0.1) is 21.4 Å². The first-order valence-corrected chi connectivity index (χ1v) is 6.19. The molecule has 0 unspecified atom stereocenters. The second-order valence-corrected chi connectivity index (χ2v) is 5.36. The SMILES string of the molecule is N#Cc1ccc(Sc2nnc(N)s2)c([N+](=O)[O-])c1. The van der Waals surface area contributed by atoms with Crippen molar-refractivity contribution >= 4 is 33.9 Å². The first-order valence-electron chi connectivity index (χ1n) is 4.55. The lowest BCUT2D eigenvalue weighted by Crippen LogP contribution is -1.91. The molecule has 1 aromatic carbocycles. The average Bonchev–Trinajstić information content (AvgIpc) is 2.75. The Morgan fingerprint density at radius 1 is 1.50 bits per heavy atom. The molecule has 1 heterocycles. The monoisotopic (exact) mass is 279 g/mol. The van der Waals surface area contributed by atoms with Gasteiger partial charge in [-0.25, -0.2) is 0 Å². The van der Waals surface area contributed by atoms with Gasteiger partial charge in [-0.15, -0.1) is 10.2 Å². The van der Waals surface area contributed by atoms with E-state index in [-0.39, 0.29) is 11.3 Å². The van der Waals surface area contributed by atoms with E-state index in [0.29, 0.717) is 14.4 Å². The summed E-state index contributed by atoms with van der Waals surface area (Å²) in [6.45, 7) is 0. The molecule has 2 aromatic rings. The lowest BCUT2D eigenvalue weighted by atomic mass is 10.2. The van der Waals surface area contributed by atoms with E-state index in [1.165, 1.54) is 18.2 Å². The smallest absolute Gasteiger partial charge is 0.284 e. The summed E-state index contributed by atoms with van der Waals surface area (Å²) in [6, 6.07) is 6.11. The summed E-state index contributed by atoms with van der Waals surface area (Å²) in [5, 5.41) is 27.3. The largest absolute Gasteiger partial charge is 0.374 e. The van der Waals surface area contributed by atoms with Crippen molar-refractivity contribution in [3.63, 3.8) is 0 Å². The lowest BCUT2D eigenvalue weighted by molar-refractivity contribution is -0.387. The van der Waals surface area contributed by atoms with Gasteiger partial charge in [-0.3, -0.25) is 10.1 Å². The van der Waals surface area contributed by atoms with E-state index in [0.717, 1.165) is 23.1 Å². The van der Waals surface area contributed by atoms with Crippen molar-refractivity contribution in [3.8, 4) is 6.07 Å². The van der Waals surface area contributed by atoms with E-state index >= 15 is 0 Å². The number of nitro groups is 1. The molecule has 0 bridgehead atoms. The number of rotatable bonds is 3. The molecule has 7 nitrogen and oxygen atoms in total. The maximum Gasteiger partial charge on any atom is 0.284 e. The number of nitrogens with two attached hydrogens (primary N) is 1. The highest BCUT2D eigenvalue weighted by Crippen LogP contribution is 2.36. The molecule has 90 valence electrons. The third-order valence-electron chi connectivity index (χ3n) is 1.90. The van der Waals surface area contributed by atoms with Gasteiger partial charge in [0.25, 0.3) is 5.69 Å². The molecule has 0 saturated heterocycles. The highest BCUT2D eigenvalue weighted by molar-refractivity contribution is 8.01. The van der Waals surface area contributed by atoms with Gasteiger partial charge in [-0.05, 0) is 23.9 Å². The average molecular weight is 279 g/mol. The van der Waals surface area contributed by atoms with Crippen LogP contribution in [-0.4, -0.2) is 15.1 Å². The van der Waals surface area contributed by atoms with Crippen LogP contribution in [-0.2, 0) is 0 Å². The number of anilines is 1. The lowest BCUT2D eigenvalue weighted by Gasteiger charge is -1.99. The van der Waals surface area contributed by atoms with Crippen LogP contribution >= 0.6 is 23.1 Å². The Bertz CT molecular complexity index is 649. The van der Waals surface area contributed by atoms with Gasteiger partial charge in [0.1, 0.15) is 0 Å². The number of nitriles is 1. The fraction of sp³-hybridized carbons (Fsp3) is 0. The van der Waals surface area contributed by atoms with Crippen LogP contribution in [0.5, 0.6) is 0 Å². The fourth-order valence-corrected chi connectivity index (χ4v) is 2.85. The molecular weight excluding hydrogens is 274 g/mol. The summed E-state index contributed by atoms with van der Waals surface area (Å²) in [5.41, 5.74) is 5.54. The van der Waals surface area contributed by atoms with Crippen LogP contribution in [0.2, 0.25) is 0 Å². The molecule has 0 fully saturated rings. The van der Waals surface area contributed by atoms with Gasteiger partial charge in [0.2, 0.25) is 5.13 Å². The quantitative estimate of drug-likeness (QED) is 0.674. The summed E-state index contributed by atoms with van der Waals surface area (Å²) in [6.07, 6.45) is 0. The third-order valence-corrected chi connectivity index (χ3v) is 3.77. The molecule has 2 rings (SSSR count). The second-order valence-electron chi connectivity index (χ2n) is 3.06. The van der Waals surface area contributed by atoms with Crippen LogP contribution in [0.1, 0.15) is 5.56 Å². The van der Waals surface area contributed by atoms with Crippen molar-refractivity contribution in [2.24, 2.45) is 0 Å². The van der Waals surface area contributed by atoms with Crippen molar-refractivity contribution in [2.45, 2.75) is 9.24 Å². The molecule has 0 radical (unpaired) electrons. The summed E-state index contributed by atoms with van der Waals surface area (Å²) in [4.78, 5) is 10.8. The number of nitro benzene ring substituents is 1. The molecule has 0 saturated carbocycles. The molecule has 0 aliphatic heterocycles.